The Morgan fingerprint density at radius 2 is 1.85 bits per heavy atom. The topological polar surface area (TPSA) is 125 Å². The van der Waals surface area contributed by atoms with Gasteiger partial charge >= 0.3 is 0 Å². The number of rotatable bonds is 1. The summed E-state index contributed by atoms with van der Waals surface area (Å²) in [6, 6.07) is 0. The summed E-state index contributed by atoms with van der Waals surface area (Å²) in [6.45, 7) is 0.329. The van der Waals surface area contributed by atoms with Crippen LogP contribution in [-0.4, -0.2) is 36.3 Å². The molecule has 3 aromatic rings. The molecule has 4 heterocycles. The van der Waals surface area contributed by atoms with Gasteiger partial charge in [-0.15, -0.1) is 0 Å². The predicted molar refractivity (Wildman–Crippen MR) is 69.4 cm³/mol. The maximum Gasteiger partial charge on any atom is 0.278 e. The highest BCUT2D eigenvalue weighted by Gasteiger charge is 2.25. The van der Waals surface area contributed by atoms with Crippen molar-refractivity contribution in [3.05, 3.63) is 39.7 Å². The number of nitrogens with one attached hydrogen (secondary N) is 3. The molecule has 0 bridgehead atoms. The Morgan fingerprint density at radius 1 is 1.05 bits per heavy atom. The van der Waals surface area contributed by atoms with Gasteiger partial charge in [0.1, 0.15) is 18.7 Å². The fraction of sp³-hybridized carbons (Fsp3) is 0.100. The van der Waals surface area contributed by atoms with Crippen LogP contribution in [0.15, 0.2) is 28.6 Å². The molecule has 1 aliphatic rings. The SMILES string of the molecule is O=c1[nH]cnc2c1NCN2n1cnc2c(=O)[nH]cnc21. The van der Waals surface area contributed by atoms with E-state index in [1.54, 1.807) is 9.69 Å². The molecule has 20 heavy (non-hydrogen) atoms. The fourth-order valence-electron chi connectivity index (χ4n) is 2.16. The summed E-state index contributed by atoms with van der Waals surface area (Å²) in [6.07, 6.45) is 4.09. The molecule has 10 heteroatoms. The van der Waals surface area contributed by atoms with Crippen LogP contribution in [0.4, 0.5) is 11.5 Å². The quantitative estimate of drug-likeness (QED) is 0.511. The Balaban J connectivity index is 1.95. The number of hydrogen-bond acceptors (Lipinski definition) is 7. The lowest BCUT2D eigenvalue weighted by Crippen LogP contribution is -2.29. The van der Waals surface area contributed by atoms with Crippen LogP contribution in [0.5, 0.6) is 0 Å². The zero-order chi connectivity index (χ0) is 13.7. The second-order valence-electron chi connectivity index (χ2n) is 4.16. The molecule has 1 aliphatic heterocycles. The average Bonchev–Trinajstić information content (AvgIpc) is 3.03. The predicted octanol–water partition coefficient (Wildman–Crippen LogP) is -1.14. The molecule has 0 atom stereocenters. The molecule has 100 valence electrons. The third-order valence-corrected chi connectivity index (χ3v) is 3.07. The van der Waals surface area contributed by atoms with E-state index in [4.69, 9.17) is 0 Å². The van der Waals surface area contributed by atoms with Crippen molar-refractivity contribution >= 4 is 22.7 Å². The van der Waals surface area contributed by atoms with Gasteiger partial charge in [-0.1, -0.05) is 0 Å². The summed E-state index contributed by atoms with van der Waals surface area (Å²) >= 11 is 0. The Kier molecular flexibility index (Phi) is 1.96. The van der Waals surface area contributed by atoms with Gasteiger partial charge in [0.15, 0.2) is 17.0 Å². The van der Waals surface area contributed by atoms with Crippen molar-refractivity contribution in [1.82, 2.24) is 29.6 Å². The van der Waals surface area contributed by atoms with Crippen molar-refractivity contribution in [3.63, 3.8) is 0 Å². The van der Waals surface area contributed by atoms with Gasteiger partial charge in [-0.25, -0.2) is 24.6 Å². The van der Waals surface area contributed by atoms with Crippen molar-refractivity contribution in [1.29, 1.82) is 0 Å². The molecule has 0 unspecified atom stereocenters. The van der Waals surface area contributed by atoms with Crippen LogP contribution in [0, 0.1) is 0 Å². The van der Waals surface area contributed by atoms with Crippen molar-refractivity contribution < 1.29 is 0 Å². The van der Waals surface area contributed by atoms with Crippen LogP contribution < -0.4 is 21.4 Å². The number of fused-ring (bicyclic) bond motifs is 2. The molecule has 0 aromatic carbocycles. The first kappa shape index (κ1) is 10.7. The Hall–Kier alpha value is -3.17. The second kappa shape index (κ2) is 3.66. The minimum absolute atomic E-state index is 0.228. The van der Waals surface area contributed by atoms with E-state index in [0.717, 1.165) is 0 Å². The minimum Gasteiger partial charge on any atom is -0.359 e. The van der Waals surface area contributed by atoms with Gasteiger partial charge in [0.25, 0.3) is 11.1 Å². The summed E-state index contributed by atoms with van der Waals surface area (Å²) in [5, 5.41) is 4.62. The van der Waals surface area contributed by atoms with Crippen LogP contribution in [0.25, 0.3) is 11.2 Å². The molecule has 0 fully saturated rings. The number of aromatic nitrogens is 6. The molecule has 0 spiro atoms. The number of nitrogens with zero attached hydrogens (tertiary/aromatic N) is 5. The summed E-state index contributed by atoms with van der Waals surface area (Å²) in [5.74, 6) is 0.454. The lowest BCUT2D eigenvalue weighted by atomic mass is 10.5. The number of imidazole rings is 1. The van der Waals surface area contributed by atoms with E-state index >= 15 is 0 Å². The van der Waals surface area contributed by atoms with E-state index in [0.29, 0.717) is 23.8 Å². The monoisotopic (exact) mass is 272 g/mol. The van der Waals surface area contributed by atoms with Crippen LogP contribution in [0.1, 0.15) is 0 Å². The van der Waals surface area contributed by atoms with Gasteiger partial charge in [0.05, 0.1) is 12.7 Å². The lowest BCUT2D eigenvalue weighted by molar-refractivity contribution is 0.741. The first-order valence-electron chi connectivity index (χ1n) is 5.76. The molecule has 0 amide bonds. The molecule has 0 saturated heterocycles. The van der Waals surface area contributed by atoms with Crippen LogP contribution in [0.2, 0.25) is 0 Å². The molecule has 4 rings (SSSR count). The number of aromatic amines is 2. The van der Waals surface area contributed by atoms with E-state index in [9.17, 15) is 9.59 Å². The standard InChI is InChI=1S/C10H8N8O2/c19-9-5-7(11-1-13-9)17(3-15-5)18-4-16-6-8(18)12-2-14-10(6)20/h1-3,16H,4H2,(H,11,13,19)(H,12,14,20). The van der Waals surface area contributed by atoms with Gasteiger partial charge in [-0.2, -0.15) is 0 Å². The smallest absolute Gasteiger partial charge is 0.278 e. The molecule has 0 saturated carbocycles. The largest absolute Gasteiger partial charge is 0.359 e. The molecular weight excluding hydrogens is 264 g/mol. The van der Waals surface area contributed by atoms with Crippen molar-refractivity contribution in [3.8, 4) is 0 Å². The maximum atomic E-state index is 11.7. The van der Waals surface area contributed by atoms with Gasteiger partial charge in [0.2, 0.25) is 0 Å². The van der Waals surface area contributed by atoms with E-state index < -0.39 is 0 Å². The van der Waals surface area contributed by atoms with Gasteiger partial charge in [-0.05, 0) is 0 Å². The summed E-state index contributed by atoms with van der Waals surface area (Å²) in [4.78, 5) is 40.5. The van der Waals surface area contributed by atoms with E-state index in [1.807, 2.05) is 0 Å². The zero-order valence-corrected chi connectivity index (χ0v) is 9.99. The highest BCUT2D eigenvalue weighted by molar-refractivity contribution is 5.74. The highest BCUT2D eigenvalue weighted by atomic mass is 16.1. The summed E-state index contributed by atoms with van der Waals surface area (Å²) in [5.41, 5.74) is 0.420. The Morgan fingerprint density at radius 3 is 2.75 bits per heavy atom. The fourth-order valence-corrected chi connectivity index (χ4v) is 2.16. The molecular formula is C10H8N8O2. The average molecular weight is 272 g/mol. The summed E-state index contributed by atoms with van der Waals surface area (Å²) in [7, 11) is 0. The molecule has 3 N–H and O–H groups in total. The van der Waals surface area contributed by atoms with Crippen LogP contribution in [-0.2, 0) is 0 Å². The normalized spacial score (nSPS) is 13.5. The van der Waals surface area contributed by atoms with Gasteiger partial charge in [-0.3, -0.25) is 9.59 Å². The zero-order valence-electron chi connectivity index (χ0n) is 9.99. The number of hydrogen-bond donors (Lipinski definition) is 3. The maximum absolute atomic E-state index is 11.7. The van der Waals surface area contributed by atoms with Crippen LogP contribution >= 0.6 is 0 Å². The van der Waals surface area contributed by atoms with Gasteiger partial charge < -0.3 is 15.3 Å². The molecule has 3 aromatic heterocycles. The van der Waals surface area contributed by atoms with E-state index in [-0.39, 0.29) is 16.6 Å². The third kappa shape index (κ3) is 1.29. The Labute approximate surface area is 110 Å². The first-order valence-corrected chi connectivity index (χ1v) is 5.76. The van der Waals surface area contributed by atoms with E-state index in [2.05, 4.69) is 30.2 Å². The Bertz CT molecular complexity index is 923. The van der Waals surface area contributed by atoms with Crippen molar-refractivity contribution in [2.24, 2.45) is 0 Å². The van der Waals surface area contributed by atoms with Gasteiger partial charge in [0, 0.05) is 0 Å². The highest BCUT2D eigenvalue weighted by Crippen LogP contribution is 2.25. The van der Waals surface area contributed by atoms with Crippen LogP contribution in [0.3, 0.4) is 0 Å². The molecule has 0 aliphatic carbocycles. The number of H-pyrrole nitrogens is 2. The molecule has 0 radical (unpaired) electrons. The minimum atomic E-state index is -0.319. The third-order valence-electron chi connectivity index (χ3n) is 3.07. The number of anilines is 2. The first-order chi connectivity index (χ1) is 9.75. The lowest BCUT2D eigenvalue weighted by Gasteiger charge is -2.17. The molecule has 10 nitrogen and oxygen atoms in total. The second-order valence-corrected chi connectivity index (χ2v) is 4.16. The summed E-state index contributed by atoms with van der Waals surface area (Å²) < 4.78 is 1.58. The van der Waals surface area contributed by atoms with Crippen molar-refractivity contribution in [2.45, 2.75) is 0 Å². The van der Waals surface area contributed by atoms with Crippen molar-refractivity contribution in [2.75, 3.05) is 17.0 Å². The van der Waals surface area contributed by atoms with E-state index in [1.165, 1.54) is 19.0 Å².